The van der Waals surface area contributed by atoms with Crippen molar-refractivity contribution in [3.63, 3.8) is 0 Å². The standard InChI is InChI=1S/C34H38N4O4.C2H6/c1-6-9-10-31-30(34(41)38(22(4)36-31)26-17-15-25-16-18-32(40)29(25)20-26)19-23-11-13-24(14-12-23)27(7-2)28(8-3)33(35-21-39)37-42-5;1-2/h7-8,11-15,17,20-21H,6,9-10,16,18-19H2,1-5H3,(H,35,37,39);1-2H3/b27-7-,28-8+;. The van der Waals surface area contributed by atoms with Crippen molar-refractivity contribution in [2.75, 3.05) is 7.11 Å². The first kappa shape index (κ1) is 33.9. The van der Waals surface area contributed by atoms with E-state index >= 15 is 0 Å². The molecular formula is C36H44N4O4. The van der Waals surface area contributed by atoms with Crippen LogP contribution < -0.4 is 10.9 Å². The summed E-state index contributed by atoms with van der Waals surface area (Å²) in [5, 5.41) is 6.57. The third kappa shape index (κ3) is 7.48. The fourth-order valence-corrected chi connectivity index (χ4v) is 5.52. The molecule has 0 saturated carbocycles. The number of benzene rings is 2. The highest BCUT2D eigenvalue weighted by Gasteiger charge is 2.22. The number of oxime groups is 1. The summed E-state index contributed by atoms with van der Waals surface area (Å²) in [6.45, 7) is 11.8. The monoisotopic (exact) mass is 596 g/mol. The summed E-state index contributed by atoms with van der Waals surface area (Å²) in [7, 11) is 1.43. The second-order valence-corrected chi connectivity index (χ2v) is 10.3. The highest BCUT2D eigenvalue weighted by molar-refractivity contribution is 6.14. The average Bonchev–Trinajstić information content (AvgIpc) is 3.41. The molecule has 1 amide bonds. The number of carbonyl (C=O) groups excluding carboxylic acids is 2. The van der Waals surface area contributed by atoms with E-state index in [4.69, 9.17) is 9.82 Å². The number of ketones is 1. The van der Waals surface area contributed by atoms with Crippen molar-refractivity contribution in [2.45, 2.75) is 80.1 Å². The second-order valence-electron chi connectivity index (χ2n) is 10.3. The fraction of sp³-hybridized carbons (Fsp3) is 0.361. The summed E-state index contributed by atoms with van der Waals surface area (Å²) in [6, 6.07) is 13.7. The smallest absolute Gasteiger partial charge is 0.261 e. The van der Waals surface area contributed by atoms with Crippen LogP contribution in [0.15, 0.2) is 70.1 Å². The van der Waals surface area contributed by atoms with Gasteiger partial charge in [0.1, 0.15) is 12.9 Å². The summed E-state index contributed by atoms with van der Waals surface area (Å²) in [4.78, 5) is 47.5. The molecule has 2 aromatic carbocycles. The molecule has 0 bridgehead atoms. The SMILES string of the molecule is CC.C\C=C(C(=C\C)/C(=N/OC)NC=O)\c1ccc(Cc2c(CCCC)nc(C)n(-c3ccc4c(c3)C(=O)CC4)c2=O)cc1. The Labute approximate surface area is 260 Å². The molecule has 8 heteroatoms. The molecule has 0 fully saturated rings. The molecule has 4 rings (SSSR count). The highest BCUT2D eigenvalue weighted by Crippen LogP contribution is 2.27. The van der Waals surface area contributed by atoms with Gasteiger partial charge in [0.15, 0.2) is 11.6 Å². The van der Waals surface area contributed by atoms with Crippen LogP contribution in [0.5, 0.6) is 0 Å². The van der Waals surface area contributed by atoms with Gasteiger partial charge in [0, 0.05) is 29.5 Å². The number of amidine groups is 1. The van der Waals surface area contributed by atoms with Crippen LogP contribution in [0, 0.1) is 6.92 Å². The molecule has 1 N–H and O–H groups in total. The number of hydrogen-bond donors (Lipinski definition) is 1. The first-order valence-electron chi connectivity index (χ1n) is 15.4. The Morgan fingerprint density at radius 2 is 1.80 bits per heavy atom. The number of amides is 1. The fourth-order valence-electron chi connectivity index (χ4n) is 5.52. The Balaban J connectivity index is 0.00000259. The lowest BCUT2D eigenvalue weighted by Crippen LogP contribution is -2.28. The first-order chi connectivity index (χ1) is 21.4. The van der Waals surface area contributed by atoms with E-state index < -0.39 is 0 Å². The molecule has 0 aliphatic heterocycles. The summed E-state index contributed by atoms with van der Waals surface area (Å²) in [6.07, 6.45) is 8.74. The lowest BCUT2D eigenvalue weighted by atomic mass is 9.94. The van der Waals surface area contributed by atoms with Crippen molar-refractivity contribution in [3.05, 3.63) is 110 Å². The zero-order valence-corrected chi connectivity index (χ0v) is 27.0. The molecule has 0 radical (unpaired) electrons. The lowest BCUT2D eigenvalue weighted by molar-refractivity contribution is -0.108. The number of fused-ring (bicyclic) bond motifs is 1. The number of rotatable bonds is 11. The number of hydrogen-bond acceptors (Lipinski definition) is 6. The normalized spacial score (nSPS) is 13.2. The zero-order valence-electron chi connectivity index (χ0n) is 27.0. The molecular weight excluding hydrogens is 552 g/mol. The molecule has 1 aliphatic carbocycles. The van der Waals surface area contributed by atoms with Gasteiger partial charge in [-0.3, -0.25) is 19.0 Å². The van der Waals surface area contributed by atoms with E-state index in [1.807, 2.05) is 89.2 Å². The third-order valence-electron chi connectivity index (χ3n) is 7.62. The number of aryl methyl sites for hydroxylation is 3. The van der Waals surface area contributed by atoms with E-state index in [1.165, 1.54) is 7.11 Å². The van der Waals surface area contributed by atoms with Crippen LogP contribution in [0.25, 0.3) is 11.3 Å². The largest absolute Gasteiger partial charge is 0.397 e. The minimum absolute atomic E-state index is 0.103. The van der Waals surface area contributed by atoms with Gasteiger partial charge in [-0.05, 0) is 74.4 Å². The quantitative estimate of drug-likeness (QED) is 0.0874. The van der Waals surface area contributed by atoms with Gasteiger partial charge in [-0.25, -0.2) is 4.98 Å². The molecule has 44 heavy (non-hydrogen) atoms. The predicted octanol–water partition coefficient (Wildman–Crippen LogP) is 6.68. The molecule has 1 aromatic heterocycles. The maximum atomic E-state index is 14.1. The van der Waals surface area contributed by atoms with Gasteiger partial charge in [-0.2, -0.15) is 0 Å². The van der Waals surface area contributed by atoms with Gasteiger partial charge in [-0.1, -0.05) is 74.8 Å². The number of carbonyl (C=O) groups is 2. The first-order valence-corrected chi connectivity index (χ1v) is 15.4. The maximum absolute atomic E-state index is 14.1. The summed E-state index contributed by atoms with van der Waals surface area (Å²) >= 11 is 0. The number of Topliss-reactive ketones (excluding diaryl/α,β-unsaturated/α-hetero) is 1. The number of aromatic nitrogens is 2. The average molecular weight is 597 g/mol. The molecule has 1 heterocycles. The Kier molecular flexibility index (Phi) is 12.6. The van der Waals surface area contributed by atoms with Crippen molar-refractivity contribution in [1.29, 1.82) is 0 Å². The van der Waals surface area contributed by atoms with Crippen molar-refractivity contribution in [3.8, 4) is 5.69 Å². The summed E-state index contributed by atoms with van der Waals surface area (Å²) in [5.74, 6) is 1.05. The topological polar surface area (TPSA) is 103 Å². The van der Waals surface area contributed by atoms with Crippen molar-refractivity contribution >= 4 is 23.6 Å². The number of allylic oxidation sites excluding steroid dienone is 2. The van der Waals surface area contributed by atoms with Gasteiger partial charge < -0.3 is 10.2 Å². The van der Waals surface area contributed by atoms with E-state index in [-0.39, 0.29) is 11.3 Å². The minimum Gasteiger partial charge on any atom is -0.397 e. The molecule has 1 aliphatic rings. The van der Waals surface area contributed by atoms with Crippen molar-refractivity contribution < 1.29 is 14.4 Å². The molecule has 3 aromatic rings. The third-order valence-corrected chi connectivity index (χ3v) is 7.62. The van der Waals surface area contributed by atoms with Crippen LogP contribution in [-0.2, 0) is 28.9 Å². The molecule has 8 nitrogen and oxygen atoms in total. The van der Waals surface area contributed by atoms with Gasteiger partial charge in [-0.15, -0.1) is 0 Å². The highest BCUT2D eigenvalue weighted by atomic mass is 16.6. The van der Waals surface area contributed by atoms with Crippen molar-refractivity contribution in [2.24, 2.45) is 5.16 Å². The van der Waals surface area contributed by atoms with E-state index in [9.17, 15) is 14.4 Å². The number of nitrogens with zero attached hydrogens (tertiary/aromatic N) is 3. The Morgan fingerprint density at radius 3 is 2.41 bits per heavy atom. The van der Waals surface area contributed by atoms with E-state index in [0.29, 0.717) is 47.7 Å². The van der Waals surface area contributed by atoms with E-state index in [0.717, 1.165) is 59.2 Å². The molecule has 0 spiro atoms. The maximum Gasteiger partial charge on any atom is 0.261 e. The zero-order chi connectivity index (χ0) is 32.2. The van der Waals surface area contributed by atoms with Crippen LogP contribution >= 0.6 is 0 Å². The van der Waals surface area contributed by atoms with Crippen LogP contribution in [-0.4, -0.2) is 34.7 Å². The van der Waals surface area contributed by atoms with Crippen LogP contribution in [0.3, 0.4) is 0 Å². The molecule has 0 unspecified atom stereocenters. The van der Waals surface area contributed by atoms with E-state index in [1.54, 1.807) is 4.57 Å². The van der Waals surface area contributed by atoms with E-state index in [2.05, 4.69) is 17.4 Å². The Morgan fingerprint density at radius 1 is 1.07 bits per heavy atom. The van der Waals surface area contributed by atoms with Crippen LogP contribution in [0.2, 0.25) is 0 Å². The Bertz CT molecular complexity index is 1630. The van der Waals surface area contributed by atoms with Gasteiger partial charge in [0.05, 0.1) is 11.4 Å². The predicted molar refractivity (Wildman–Crippen MR) is 177 cm³/mol. The molecule has 232 valence electrons. The van der Waals surface area contributed by atoms with Gasteiger partial charge >= 0.3 is 0 Å². The van der Waals surface area contributed by atoms with Gasteiger partial charge in [0.25, 0.3) is 5.56 Å². The molecule has 0 saturated heterocycles. The second kappa shape index (κ2) is 16.3. The van der Waals surface area contributed by atoms with Crippen LogP contribution in [0.4, 0.5) is 0 Å². The Hall–Kier alpha value is -4.59. The van der Waals surface area contributed by atoms with Crippen LogP contribution in [0.1, 0.15) is 98.0 Å². The van der Waals surface area contributed by atoms with Crippen molar-refractivity contribution in [1.82, 2.24) is 14.9 Å². The number of unbranched alkanes of at least 4 members (excludes halogenated alkanes) is 1. The van der Waals surface area contributed by atoms with Gasteiger partial charge in [0.2, 0.25) is 6.41 Å². The number of nitrogens with one attached hydrogen (secondary N) is 1. The minimum atomic E-state index is -0.103. The molecule has 0 atom stereocenters. The lowest BCUT2D eigenvalue weighted by Gasteiger charge is -2.17. The summed E-state index contributed by atoms with van der Waals surface area (Å²) in [5.41, 5.74) is 7.30. The summed E-state index contributed by atoms with van der Waals surface area (Å²) < 4.78 is 1.64.